The molecule has 4 heteroatoms. The van der Waals surface area contributed by atoms with Gasteiger partial charge in [0.25, 0.3) is 0 Å². The molecule has 104 valence electrons. The topological polar surface area (TPSA) is 21.3 Å². The number of nitrogens with one attached hydrogen (secondary N) is 1. The van der Waals surface area contributed by atoms with Gasteiger partial charge < -0.3 is 10.1 Å². The van der Waals surface area contributed by atoms with Crippen molar-refractivity contribution in [2.75, 3.05) is 11.9 Å². The maximum Gasteiger partial charge on any atom is 0.123 e. The monoisotopic (exact) mass is 395 g/mol. The lowest BCUT2D eigenvalue weighted by Gasteiger charge is -2.15. The van der Waals surface area contributed by atoms with Gasteiger partial charge in [0.15, 0.2) is 0 Å². The number of hydrogen-bond acceptors (Lipinski definition) is 2. The van der Waals surface area contributed by atoms with Crippen LogP contribution in [0.4, 0.5) is 5.69 Å². The summed E-state index contributed by atoms with van der Waals surface area (Å²) in [4.78, 5) is 0. The van der Waals surface area contributed by atoms with E-state index in [0.717, 1.165) is 33.3 Å². The van der Waals surface area contributed by atoms with Crippen LogP contribution in [-0.4, -0.2) is 12.6 Å². The Morgan fingerprint density at radius 3 is 2.95 bits per heavy atom. The van der Waals surface area contributed by atoms with E-state index in [4.69, 9.17) is 4.74 Å². The second kappa shape index (κ2) is 5.78. The Morgan fingerprint density at radius 2 is 2.10 bits per heavy atom. The molecule has 3 rings (SSSR count). The number of benzene rings is 2. The maximum atomic E-state index is 5.96. The third-order valence-electron chi connectivity index (χ3n) is 3.55. The summed E-state index contributed by atoms with van der Waals surface area (Å²) in [5.74, 6) is 1.01. The van der Waals surface area contributed by atoms with Crippen LogP contribution in [0.2, 0.25) is 0 Å². The van der Waals surface area contributed by atoms with Crippen LogP contribution in [0.5, 0.6) is 5.75 Å². The minimum Gasteiger partial charge on any atom is -0.488 e. The molecule has 1 unspecified atom stereocenters. The average Bonchev–Trinajstić information content (AvgIpc) is 2.82. The van der Waals surface area contributed by atoms with Crippen molar-refractivity contribution < 1.29 is 4.74 Å². The van der Waals surface area contributed by atoms with Crippen LogP contribution in [0.25, 0.3) is 0 Å². The Labute approximate surface area is 135 Å². The second-order valence-electron chi connectivity index (χ2n) is 4.99. The van der Waals surface area contributed by atoms with Crippen LogP contribution in [0.15, 0.2) is 45.3 Å². The predicted molar refractivity (Wildman–Crippen MR) is 89.6 cm³/mol. The highest BCUT2D eigenvalue weighted by Crippen LogP contribution is 2.31. The van der Waals surface area contributed by atoms with Gasteiger partial charge in [0.2, 0.25) is 0 Å². The zero-order chi connectivity index (χ0) is 14.1. The van der Waals surface area contributed by atoms with Gasteiger partial charge in [-0.05, 0) is 48.4 Å². The van der Waals surface area contributed by atoms with Gasteiger partial charge in [-0.3, -0.25) is 0 Å². The van der Waals surface area contributed by atoms with E-state index >= 15 is 0 Å². The second-order valence-corrected chi connectivity index (χ2v) is 6.76. The zero-order valence-electron chi connectivity index (χ0n) is 11.1. The molecule has 2 aromatic carbocycles. The van der Waals surface area contributed by atoms with Crippen molar-refractivity contribution in [3.8, 4) is 5.75 Å². The van der Waals surface area contributed by atoms with E-state index in [2.05, 4.69) is 62.3 Å². The first-order chi connectivity index (χ1) is 9.63. The summed E-state index contributed by atoms with van der Waals surface area (Å²) in [5, 5.41) is 3.48. The Balaban J connectivity index is 1.65. The van der Waals surface area contributed by atoms with Crippen LogP contribution in [-0.2, 0) is 6.42 Å². The summed E-state index contributed by atoms with van der Waals surface area (Å²) in [6, 6.07) is 12.4. The molecule has 0 spiro atoms. The first kappa shape index (κ1) is 14.0. The van der Waals surface area contributed by atoms with Crippen molar-refractivity contribution in [2.45, 2.75) is 19.4 Å². The molecular formula is C16H15Br2NO. The van der Waals surface area contributed by atoms with Gasteiger partial charge in [-0.1, -0.05) is 37.9 Å². The van der Waals surface area contributed by atoms with Crippen LogP contribution >= 0.6 is 31.9 Å². The smallest absolute Gasteiger partial charge is 0.123 e. The number of rotatable bonds is 3. The summed E-state index contributed by atoms with van der Waals surface area (Å²) in [5.41, 5.74) is 3.66. The number of hydrogen-bond donors (Lipinski definition) is 1. The lowest BCUT2D eigenvalue weighted by atomic mass is 10.1. The van der Waals surface area contributed by atoms with Crippen molar-refractivity contribution in [2.24, 2.45) is 0 Å². The maximum absolute atomic E-state index is 5.96. The zero-order valence-corrected chi connectivity index (χ0v) is 14.3. The van der Waals surface area contributed by atoms with Crippen molar-refractivity contribution in [3.63, 3.8) is 0 Å². The Bertz CT molecular complexity index is 642. The minimum absolute atomic E-state index is 0.192. The summed E-state index contributed by atoms with van der Waals surface area (Å²) < 4.78 is 8.19. The van der Waals surface area contributed by atoms with E-state index < -0.39 is 0 Å². The molecule has 0 aromatic heterocycles. The highest BCUT2D eigenvalue weighted by atomic mass is 79.9. The third kappa shape index (κ3) is 2.86. The number of fused-ring (bicyclic) bond motifs is 1. The van der Waals surface area contributed by atoms with Crippen molar-refractivity contribution in [3.05, 3.63) is 56.5 Å². The van der Waals surface area contributed by atoms with E-state index in [-0.39, 0.29) is 6.10 Å². The fraction of sp³-hybridized carbons (Fsp3) is 0.250. The largest absolute Gasteiger partial charge is 0.488 e. The number of ether oxygens (including phenoxy) is 1. The van der Waals surface area contributed by atoms with Gasteiger partial charge in [0.1, 0.15) is 11.9 Å². The van der Waals surface area contributed by atoms with Crippen LogP contribution in [0, 0.1) is 6.92 Å². The normalized spacial score (nSPS) is 16.6. The van der Waals surface area contributed by atoms with Gasteiger partial charge in [-0.2, -0.15) is 0 Å². The average molecular weight is 397 g/mol. The fourth-order valence-corrected chi connectivity index (χ4v) is 3.20. The van der Waals surface area contributed by atoms with Gasteiger partial charge in [0.05, 0.1) is 6.54 Å². The van der Waals surface area contributed by atoms with Gasteiger partial charge in [0, 0.05) is 21.1 Å². The van der Waals surface area contributed by atoms with Gasteiger partial charge in [-0.25, -0.2) is 0 Å². The van der Waals surface area contributed by atoms with E-state index in [1.807, 2.05) is 18.2 Å². The Hall–Kier alpha value is -1.00. The quantitative estimate of drug-likeness (QED) is 0.793. The van der Waals surface area contributed by atoms with Crippen LogP contribution in [0.1, 0.15) is 11.1 Å². The molecule has 0 radical (unpaired) electrons. The SMILES string of the molecule is Cc1c(Br)cccc1NCC1Cc2cc(Br)ccc2O1. The minimum atomic E-state index is 0.192. The summed E-state index contributed by atoms with van der Waals surface area (Å²) in [7, 11) is 0. The number of anilines is 1. The molecule has 20 heavy (non-hydrogen) atoms. The highest BCUT2D eigenvalue weighted by Gasteiger charge is 2.22. The first-order valence-corrected chi connectivity index (χ1v) is 8.16. The molecule has 0 amide bonds. The van der Waals surface area contributed by atoms with E-state index in [0.29, 0.717) is 0 Å². The molecule has 0 saturated heterocycles. The van der Waals surface area contributed by atoms with Crippen LogP contribution < -0.4 is 10.1 Å². The molecular weight excluding hydrogens is 382 g/mol. The molecule has 1 aliphatic rings. The van der Waals surface area contributed by atoms with Gasteiger partial charge >= 0.3 is 0 Å². The summed E-state index contributed by atoms with van der Waals surface area (Å²) in [6.07, 6.45) is 1.15. The molecule has 0 bridgehead atoms. The lowest BCUT2D eigenvalue weighted by Crippen LogP contribution is -2.24. The molecule has 0 aliphatic carbocycles. The molecule has 2 aromatic rings. The highest BCUT2D eigenvalue weighted by molar-refractivity contribution is 9.10. The molecule has 1 N–H and O–H groups in total. The molecule has 0 saturated carbocycles. The van der Waals surface area contributed by atoms with Crippen LogP contribution in [0.3, 0.4) is 0 Å². The van der Waals surface area contributed by atoms with Crippen molar-refractivity contribution in [1.29, 1.82) is 0 Å². The molecule has 2 nitrogen and oxygen atoms in total. The van der Waals surface area contributed by atoms with Crippen molar-refractivity contribution in [1.82, 2.24) is 0 Å². The van der Waals surface area contributed by atoms with E-state index in [1.165, 1.54) is 11.1 Å². The third-order valence-corrected chi connectivity index (χ3v) is 4.90. The molecule has 1 atom stereocenters. The molecule has 1 heterocycles. The molecule has 1 aliphatic heterocycles. The summed E-state index contributed by atoms with van der Waals surface area (Å²) >= 11 is 7.06. The van der Waals surface area contributed by atoms with E-state index in [9.17, 15) is 0 Å². The lowest BCUT2D eigenvalue weighted by molar-refractivity contribution is 0.246. The van der Waals surface area contributed by atoms with Gasteiger partial charge in [-0.15, -0.1) is 0 Å². The Kier molecular flexibility index (Phi) is 4.03. The fourth-order valence-electron chi connectivity index (χ4n) is 2.43. The number of halogens is 2. The summed E-state index contributed by atoms with van der Waals surface area (Å²) in [6.45, 7) is 2.91. The standard InChI is InChI=1S/C16H15Br2NO/c1-10-14(18)3-2-4-15(10)19-9-13-8-11-7-12(17)5-6-16(11)20-13/h2-7,13,19H,8-9H2,1H3. The van der Waals surface area contributed by atoms with E-state index in [1.54, 1.807) is 0 Å². The first-order valence-electron chi connectivity index (χ1n) is 6.57. The van der Waals surface area contributed by atoms with Crippen molar-refractivity contribution >= 4 is 37.5 Å². The Morgan fingerprint density at radius 1 is 1.25 bits per heavy atom. The predicted octanol–water partition coefficient (Wildman–Crippen LogP) is 4.94. The molecule has 0 fully saturated rings.